The smallest absolute Gasteiger partial charge is 0.472 e. The van der Waals surface area contributed by atoms with Crippen LogP contribution in [0.4, 0.5) is 0 Å². The van der Waals surface area contributed by atoms with Gasteiger partial charge in [0.2, 0.25) is 0 Å². The predicted octanol–water partition coefficient (Wildman–Crippen LogP) is 4.61. The van der Waals surface area contributed by atoms with Crippen LogP contribution in [-0.2, 0) is 37.5 Å². The number of hydrogen-bond acceptors (Lipinski definition) is 13. The van der Waals surface area contributed by atoms with Crippen molar-refractivity contribution < 1.29 is 73.0 Å². The van der Waals surface area contributed by atoms with E-state index in [1.165, 1.54) is 38.5 Å². The molecule has 52 heavy (non-hydrogen) atoms. The number of carboxylic acid groups (broad SMARTS) is 1. The van der Waals surface area contributed by atoms with E-state index in [0.717, 1.165) is 38.5 Å². The van der Waals surface area contributed by atoms with E-state index in [1.54, 1.807) is 0 Å². The lowest BCUT2D eigenvalue weighted by Crippen LogP contribution is -2.64. The molecule has 1 aliphatic rings. The number of aliphatic hydroxyl groups excluding tert-OH is 5. The van der Waals surface area contributed by atoms with Crippen LogP contribution in [0.15, 0.2) is 12.2 Å². The maximum absolute atomic E-state index is 12.7. The Bertz CT molecular complexity index is 1040. The monoisotopic (exact) mass is 768 g/mol. The first-order chi connectivity index (χ1) is 24.8. The van der Waals surface area contributed by atoms with Crippen molar-refractivity contribution in [3.63, 3.8) is 0 Å². The highest BCUT2D eigenvalue weighted by Crippen LogP contribution is 2.47. The summed E-state index contributed by atoms with van der Waals surface area (Å²) in [7, 11) is -5.15. The second kappa shape index (κ2) is 28.5. The van der Waals surface area contributed by atoms with Gasteiger partial charge in [0.1, 0.15) is 43.2 Å². The van der Waals surface area contributed by atoms with Gasteiger partial charge < -0.3 is 45.0 Å². The third kappa shape index (κ3) is 22.3. The Morgan fingerprint density at radius 3 is 1.58 bits per heavy atom. The van der Waals surface area contributed by atoms with Crippen molar-refractivity contribution in [3.8, 4) is 0 Å². The highest BCUT2D eigenvalue weighted by Gasteiger charge is 2.51. The molecule has 0 saturated heterocycles. The molecule has 6 unspecified atom stereocenters. The van der Waals surface area contributed by atoms with Crippen LogP contribution in [0.25, 0.3) is 0 Å². The number of hydrogen-bond donors (Lipinski definition) is 7. The minimum absolute atomic E-state index is 0.0237. The number of phosphoric acid groups is 1. The van der Waals surface area contributed by atoms with E-state index in [2.05, 4.69) is 19.1 Å². The molecule has 0 aromatic rings. The van der Waals surface area contributed by atoms with Gasteiger partial charge in [-0.25, -0.2) is 4.57 Å². The normalized spacial score (nSPS) is 23.7. The zero-order valence-corrected chi connectivity index (χ0v) is 31.7. The number of allylic oxidation sites excluding steroid dienone is 2. The highest BCUT2D eigenvalue weighted by molar-refractivity contribution is 7.47. The molecule has 7 N–H and O–H groups in total. The molecular weight excluding hydrogens is 703 g/mol. The summed E-state index contributed by atoms with van der Waals surface area (Å²) in [5, 5.41) is 58.5. The number of carboxylic acids is 1. The molecule has 0 amide bonds. The van der Waals surface area contributed by atoms with E-state index in [1.807, 2.05) is 0 Å². The standard InChI is InChI=1S/C36H65O15P/c1-2-3-4-5-6-7-8-9-10-11-12-13-14-17-20-23-29(39)48-25-27(50-30(40)24-21-18-15-16-19-22-28(37)38)26-49-52(46,47)51-36-34(44)32(42)31(41)33(43)35(36)45/h9-10,27,31-36,41-45H,2-8,11-26H2,1H3,(H,37,38)(H,46,47)/b10-9-/t27-,31?,32-,33?,34?,35?,36?/m1/s1. The van der Waals surface area contributed by atoms with Gasteiger partial charge in [-0.3, -0.25) is 23.4 Å². The summed E-state index contributed by atoms with van der Waals surface area (Å²) in [6, 6.07) is 0. The molecule has 0 aromatic carbocycles. The molecule has 0 aromatic heterocycles. The Morgan fingerprint density at radius 1 is 0.615 bits per heavy atom. The first kappa shape index (κ1) is 48.1. The van der Waals surface area contributed by atoms with Crippen LogP contribution in [0.2, 0.25) is 0 Å². The van der Waals surface area contributed by atoms with Crippen molar-refractivity contribution >= 4 is 25.7 Å². The lowest BCUT2D eigenvalue weighted by molar-refractivity contribution is -0.220. The Kier molecular flexibility index (Phi) is 26.3. The van der Waals surface area contributed by atoms with E-state index < -0.39 is 81.7 Å². The molecule has 1 saturated carbocycles. The van der Waals surface area contributed by atoms with Crippen molar-refractivity contribution in [3.05, 3.63) is 12.2 Å². The molecular formula is C36H65O15P. The van der Waals surface area contributed by atoms with Crippen LogP contribution in [0.1, 0.15) is 142 Å². The molecule has 16 heteroatoms. The molecule has 1 rings (SSSR count). The zero-order chi connectivity index (χ0) is 38.8. The molecule has 1 aliphatic carbocycles. The minimum atomic E-state index is -5.15. The summed E-state index contributed by atoms with van der Waals surface area (Å²) >= 11 is 0. The number of phosphoric ester groups is 1. The fraction of sp³-hybridized carbons (Fsp3) is 0.861. The Balaban J connectivity index is 2.50. The molecule has 8 atom stereocenters. The van der Waals surface area contributed by atoms with Gasteiger partial charge in [0, 0.05) is 19.3 Å². The fourth-order valence-electron chi connectivity index (χ4n) is 5.72. The molecule has 0 heterocycles. The summed E-state index contributed by atoms with van der Waals surface area (Å²) in [6.45, 7) is 0.932. The Morgan fingerprint density at radius 2 is 1.06 bits per heavy atom. The number of ether oxygens (including phenoxy) is 2. The Hall–Kier alpha value is -1.94. The van der Waals surface area contributed by atoms with E-state index in [0.29, 0.717) is 38.5 Å². The molecule has 304 valence electrons. The molecule has 0 spiro atoms. The number of carbonyl (C=O) groups excluding carboxylic acids is 2. The van der Waals surface area contributed by atoms with E-state index in [-0.39, 0.29) is 19.3 Å². The predicted molar refractivity (Wildman–Crippen MR) is 191 cm³/mol. The van der Waals surface area contributed by atoms with Crippen LogP contribution in [0.5, 0.6) is 0 Å². The van der Waals surface area contributed by atoms with Gasteiger partial charge in [0.25, 0.3) is 0 Å². The summed E-state index contributed by atoms with van der Waals surface area (Å²) in [5.74, 6) is -2.12. The lowest BCUT2D eigenvalue weighted by Gasteiger charge is -2.41. The number of aliphatic carboxylic acids is 1. The van der Waals surface area contributed by atoms with Gasteiger partial charge in [-0.15, -0.1) is 0 Å². The Labute approximate surface area is 308 Å². The average Bonchev–Trinajstić information content (AvgIpc) is 3.10. The average molecular weight is 769 g/mol. The van der Waals surface area contributed by atoms with Crippen LogP contribution >= 0.6 is 7.82 Å². The molecule has 0 bridgehead atoms. The zero-order valence-electron chi connectivity index (χ0n) is 30.8. The highest BCUT2D eigenvalue weighted by atomic mass is 31.2. The van der Waals surface area contributed by atoms with Crippen molar-refractivity contribution in [1.82, 2.24) is 0 Å². The largest absolute Gasteiger partial charge is 0.481 e. The second-order valence-corrected chi connectivity index (χ2v) is 15.0. The van der Waals surface area contributed by atoms with Gasteiger partial charge in [0.05, 0.1) is 6.61 Å². The summed E-state index contributed by atoms with van der Waals surface area (Å²) in [5.41, 5.74) is 0. The minimum Gasteiger partial charge on any atom is -0.481 e. The first-order valence-corrected chi connectivity index (χ1v) is 20.6. The first-order valence-electron chi connectivity index (χ1n) is 19.1. The van der Waals surface area contributed by atoms with Gasteiger partial charge in [-0.05, 0) is 44.9 Å². The third-order valence-corrected chi connectivity index (χ3v) is 9.88. The van der Waals surface area contributed by atoms with Crippen LogP contribution in [0, 0.1) is 0 Å². The van der Waals surface area contributed by atoms with Crippen LogP contribution in [0.3, 0.4) is 0 Å². The van der Waals surface area contributed by atoms with Crippen LogP contribution in [-0.4, -0.2) is 109 Å². The topological polar surface area (TPSA) is 247 Å². The number of carbonyl (C=O) groups is 3. The van der Waals surface area contributed by atoms with Crippen molar-refractivity contribution in [2.24, 2.45) is 0 Å². The molecule has 15 nitrogen and oxygen atoms in total. The van der Waals surface area contributed by atoms with Gasteiger partial charge in [0.15, 0.2) is 6.10 Å². The van der Waals surface area contributed by atoms with E-state index in [4.69, 9.17) is 23.6 Å². The molecule has 0 aliphatic heterocycles. The van der Waals surface area contributed by atoms with Crippen LogP contribution < -0.4 is 0 Å². The lowest BCUT2D eigenvalue weighted by atomic mass is 9.85. The summed E-state index contributed by atoms with van der Waals surface area (Å²) < 4.78 is 33.0. The van der Waals surface area contributed by atoms with Gasteiger partial charge in [-0.1, -0.05) is 89.7 Å². The quantitative estimate of drug-likeness (QED) is 0.0220. The number of unbranched alkanes of at least 4 members (excludes halogenated alkanes) is 15. The summed E-state index contributed by atoms with van der Waals surface area (Å²) in [4.78, 5) is 45.8. The second-order valence-electron chi connectivity index (χ2n) is 13.6. The van der Waals surface area contributed by atoms with E-state index >= 15 is 0 Å². The number of esters is 2. The van der Waals surface area contributed by atoms with E-state index in [9.17, 15) is 49.4 Å². The maximum Gasteiger partial charge on any atom is 0.472 e. The molecule has 1 fully saturated rings. The SMILES string of the molecule is CCCCCCCC/C=C\CCCCCCCC(=O)OC[C@H](COP(=O)(O)OC1C(O)C(O)C(O)[C@@H](O)C1O)OC(=O)CCCCCCCC(=O)O. The van der Waals surface area contributed by atoms with Gasteiger partial charge in [-0.2, -0.15) is 0 Å². The third-order valence-electron chi connectivity index (χ3n) is 8.89. The van der Waals surface area contributed by atoms with Gasteiger partial charge >= 0.3 is 25.7 Å². The number of rotatable bonds is 31. The maximum atomic E-state index is 12.7. The number of aliphatic hydroxyl groups is 5. The molecule has 0 radical (unpaired) electrons. The van der Waals surface area contributed by atoms with Crippen molar-refractivity contribution in [2.75, 3.05) is 13.2 Å². The fourth-order valence-corrected chi connectivity index (χ4v) is 6.69. The van der Waals surface area contributed by atoms with Crippen molar-refractivity contribution in [1.29, 1.82) is 0 Å². The van der Waals surface area contributed by atoms with Crippen molar-refractivity contribution in [2.45, 2.75) is 184 Å². The summed E-state index contributed by atoms with van der Waals surface area (Å²) in [6.07, 6.45) is 8.67.